The quantitative estimate of drug-likeness (QED) is 0.766. The average molecular weight is 407 g/mol. The molecule has 0 atom stereocenters. The van der Waals surface area contributed by atoms with Gasteiger partial charge >= 0.3 is 6.18 Å². The molecule has 0 spiro atoms. The predicted octanol–water partition coefficient (Wildman–Crippen LogP) is 2.99. The third-order valence-corrected chi connectivity index (χ3v) is 5.09. The topological polar surface area (TPSA) is 45.6 Å². The summed E-state index contributed by atoms with van der Waals surface area (Å²) in [6.45, 7) is 3.57. The molecule has 5 nitrogen and oxygen atoms in total. The molecule has 1 aliphatic rings. The fraction of sp³-hybridized carbons (Fsp3) is 0.429. The first-order valence-corrected chi connectivity index (χ1v) is 9.65. The standard InChI is InChI=1S/C21H24F3N3O2/c22-21(23,24)18-7-5-17(6-8-18)16-25-10-3-12-27(15-14-25)20(29)9-13-26-11-2-1-4-19(26)28/h1-2,4-8,11H,3,9-10,12-16H2. The second-order valence-corrected chi connectivity index (χ2v) is 7.19. The van der Waals surface area contributed by atoms with Crippen molar-refractivity contribution in [2.24, 2.45) is 0 Å². The van der Waals surface area contributed by atoms with Gasteiger partial charge in [0.2, 0.25) is 5.91 Å². The molecule has 0 radical (unpaired) electrons. The van der Waals surface area contributed by atoms with Crippen LogP contribution in [0.25, 0.3) is 0 Å². The van der Waals surface area contributed by atoms with Gasteiger partial charge in [-0.1, -0.05) is 18.2 Å². The van der Waals surface area contributed by atoms with Crippen molar-refractivity contribution in [3.05, 3.63) is 70.1 Å². The van der Waals surface area contributed by atoms with Crippen molar-refractivity contribution in [2.45, 2.75) is 32.1 Å². The van der Waals surface area contributed by atoms with Crippen LogP contribution in [-0.2, 0) is 24.1 Å². The smallest absolute Gasteiger partial charge is 0.341 e. The molecule has 156 valence electrons. The number of hydrogen-bond acceptors (Lipinski definition) is 3. The number of aryl methyl sites for hydroxylation is 1. The van der Waals surface area contributed by atoms with Crippen molar-refractivity contribution in [3.8, 4) is 0 Å². The number of carbonyl (C=O) groups excluding carboxylic acids is 1. The average Bonchev–Trinajstić information content (AvgIpc) is 2.92. The van der Waals surface area contributed by atoms with Crippen LogP contribution in [0, 0.1) is 0 Å². The van der Waals surface area contributed by atoms with Gasteiger partial charge in [-0.3, -0.25) is 14.5 Å². The highest BCUT2D eigenvalue weighted by Crippen LogP contribution is 2.29. The van der Waals surface area contributed by atoms with Crippen LogP contribution in [0.15, 0.2) is 53.5 Å². The van der Waals surface area contributed by atoms with Crippen molar-refractivity contribution < 1.29 is 18.0 Å². The zero-order chi connectivity index (χ0) is 20.9. The zero-order valence-corrected chi connectivity index (χ0v) is 16.1. The summed E-state index contributed by atoms with van der Waals surface area (Å²) in [4.78, 5) is 28.2. The molecule has 0 bridgehead atoms. The molecular weight excluding hydrogens is 383 g/mol. The molecule has 1 saturated heterocycles. The van der Waals surface area contributed by atoms with Gasteiger partial charge in [-0.05, 0) is 30.2 Å². The van der Waals surface area contributed by atoms with Crippen molar-refractivity contribution in [3.63, 3.8) is 0 Å². The molecular formula is C21H24F3N3O2. The molecule has 3 rings (SSSR count). The highest BCUT2D eigenvalue weighted by Gasteiger charge is 2.30. The summed E-state index contributed by atoms with van der Waals surface area (Å²) in [6.07, 6.45) is -1.59. The summed E-state index contributed by atoms with van der Waals surface area (Å²) in [5.74, 6) is 0.0112. The number of aromatic nitrogens is 1. The van der Waals surface area contributed by atoms with Crippen LogP contribution in [-0.4, -0.2) is 46.5 Å². The lowest BCUT2D eigenvalue weighted by molar-refractivity contribution is -0.137. The van der Waals surface area contributed by atoms with Crippen molar-refractivity contribution in [2.75, 3.05) is 26.2 Å². The third-order valence-electron chi connectivity index (χ3n) is 5.09. The largest absolute Gasteiger partial charge is 0.416 e. The van der Waals surface area contributed by atoms with Crippen LogP contribution in [0.5, 0.6) is 0 Å². The molecule has 8 heteroatoms. The number of carbonyl (C=O) groups is 1. The molecule has 1 aromatic carbocycles. The van der Waals surface area contributed by atoms with E-state index in [1.807, 2.05) is 0 Å². The van der Waals surface area contributed by atoms with Crippen LogP contribution >= 0.6 is 0 Å². The lowest BCUT2D eigenvalue weighted by atomic mass is 10.1. The molecule has 0 saturated carbocycles. The van der Waals surface area contributed by atoms with Gasteiger partial charge in [0.15, 0.2) is 0 Å². The van der Waals surface area contributed by atoms with E-state index < -0.39 is 11.7 Å². The Balaban J connectivity index is 1.50. The van der Waals surface area contributed by atoms with E-state index in [2.05, 4.69) is 4.90 Å². The van der Waals surface area contributed by atoms with Crippen LogP contribution in [0.3, 0.4) is 0 Å². The van der Waals surface area contributed by atoms with E-state index in [1.165, 1.54) is 22.8 Å². The number of nitrogens with zero attached hydrogens (tertiary/aromatic N) is 3. The number of halogens is 3. The SMILES string of the molecule is O=C(CCn1ccccc1=O)N1CCCN(Cc2ccc(C(F)(F)F)cc2)CC1. The molecule has 1 aromatic heterocycles. The lowest BCUT2D eigenvalue weighted by Gasteiger charge is -2.22. The minimum Gasteiger partial charge on any atom is -0.341 e. The minimum atomic E-state index is -4.33. The van der Waals surface area contributed by atoms with Gasteiger partial charge in [-0.25, -0.2) is 0 Å². The molecule has 1 amide bonds. The van der Waals surface area contributed by atoms with E-state index in [0.717, 1.165) is 30.7 Å². The molecule has 0 N–H and O–H groups in total. The first kappa shape index (κ1) is 21.1. The van der Waals surface area contributed by atoms with Gasteiger partial charge in [0.1, 0.15) is 0 Å². The Kier molecular flexibility index (Phi) is 6.74. The van der Waals surface area contributed by atoms with E-state index in [4.69, 9.17) is 0 Å². The fourth-order valence-electron chi connectivity index (χ4n) is 3.46. The van der Waals surface area contributed by atoms with Gasteiger partial charge in [0.05, 0.1) is 5.56 Å². The summed E-state index contributed by atoms with van der Waals surface area (Å²) in [6, 6.07) is 10.1. The van der Waals surface area contributed by atoms with E-state index in [-0.39, 0.29) is 17.9 Å². The second-order valence-electron chi connectivity index (χ2n) is 7.19. The van der Waals surface area contributed by atoms with Crippen LogP contribution in [0.1, 0.15) is 24.0 Å². The molecule has 0 unspecified atom stereocenters. The number of benzene rings is 1. The second kappa shape index (κ2) is 9.26. The highest BCUT2D eigenvalue weighted by atomic mass is 19.4. The Morgan fingerprint density at radius 3 is 2.41 bits per heavy atom. The van der Waals surface area contributed by atoms with Gasteiger partial charge in [-0.2, -0.15) is 13.2 Å². The number of hydrogen-bond donors (Lipinski definition) is 0. The minimum absolute atomic E-state index is 0.0112. The number of pyridine rings is 1. The maximum Gasteiger partial charge on any atom is 0.416 e. The van der Waals surface area contributed by atoms with E-state index in [0.29, 0.717) is 32.7 Å². The number of rotatable bonds is 5. The molecule has 0 aliphatic carbocycles. The first-order chi connectivity index (χ1) is 13.8. The number of amides is 1. The molecule has 1 fully saturated rings. The maximum absolute atomic E-state index is 12.7. The molecule has 1 aliphatic heterocycles. The van der Waals surface area contributed by atoms with E-state index in [1.54, 1.807) is 23.2 Å². The normalized spacial score (nSPS) is 15.9. The Bertz CT molecular complexity index is 878. The summed E-state index contributed by atoms with van der Waals surface area (Å²) in [5.41, 5.74) is 0.0477. The van der Waals surface area contributed by atoms with Gasteiger partial charge in [0.25, 0.3) is 5.56 Å². The lowest BCUT2D eigenvalue weighted by Crippen LogP contribution is -2.36. The third kappa shape index (κ3) is 5.93. The summed E-state index contributed by atoms with van der Waals surface area (Å²) >= 11 is 0. The Morgan fingerprint density at radius 1 is 0.966 bits per heavy atom. The monoisotopic (exact) mass is 407 g/mol. The van der Waals surface area contributed by atoms with E-state index in [9.17, 15) is 22.8 Å². The molecule has 2 aromatic rings. The van der Waals surface area contributed by atoms with Crippen molar-refractivity contribution in [1.82, 2.24) is 14.4 Å². The van der Waals surface area contributed by atoms with E-state index >= 15 is 0 Å². The first-order valence-electron chi connectivity index (χ1n) is 9.65. The molecule has 29 heavy (non-hydrogen) atoms. The maximum atomic E-state index is 12.7. The predicted molar refractivity (Wildman–Crippen MR) is 103 cm³/mol. The van der Waals surface area contributed by atoms with Gasteiger partial charge in [0, 0.05) is 58.0 Å². The number of alkyl halides is 3. The Labute approximate surface area is 167 Å². The van der Waals surface area contributed by atoms with Gasteiger partial charge < -0.3 is 9.47 Å². The van der Waals surface area contributed by atoms with Gasteiger partial charge in [-0.15, -0.1) is 0 Å². The highest BCUT2D eigenvalue weighted by molar-refractivity contribution is 5.76. The molecule has 2 heterocycles. The van der Waals surface area contributed by atoms with Crippen LogP contribution in [0.2, 0.25) is 0 Å². The Morgan fingerprint density at radius 2 is 1.72 bits per heavy atom. The van der Waals surface area contributed by atoms with Crippen molar-refractivity contribution in [1.29, 1.82) is 0 Å². The zero-order valence-electron chi connectivity index (χ0n) is 16.1. The van der Waals surface area contributed by atoms with Crippen LogP contribution < -0.4 is 5.56 Å². The van der Waals surface area contributed by atoms with Crippen molar-refractivity contribution >= 4 is 5.91 Å². The fourth-order valence-corrected chi connectivity index (χ4v) is 3.46. The summed E-state index contributed by atoms with van der Waals surface area (Å²) in [5, 5.41) is 0. The van der Waals surface area contributed by atoms with Crippen LogP contribution in [0.4, 0.5) is 13.2 Å². The Hall–Kier alpha value is -2.61. The summed E-state index contributed by atoms with van der Waals surface area (Å²) in [7, 11) is 0. The summed E-state index contributed by atoms with van der Waals surface area (Å²) < 4.78 is 39.6.